The maximum atomic E-state index is 7.17. The minimum absolute atomic E-state index is 0. The van der Waals surface area contributed by atoms with Crippen LogP contribution in [0, 0.1) is 39.9 Å². The van der Waals surface area contributed by atoms with Gasteiger partial charge in [-0.25, -0.2) is 0 Å². The Kier molecular flexibility index (Phi) is 27.3. The van der Waals surface area contributed by atoms with E-state index in [0.717, 1.165) is 0 Å². The van der Waals surface area contributed by atoms with Crippen LogP contribution in [-0.4, -0.2) is 22.4 Å². The minimum Gasteiger partial charge on any atom is -0.402 e. The summed E-state index contributed by atoms with van der Waals surface area (Å²) in [4.78, 5) is 0. The molecule has 0 aliphatic heterocycles. The SMILES string of the molecule is OB(O)O.[Gd].[Y]. The molecule has 0 aromatic heterocycles. The van der Waals surface area contributed by atoms with Crippen LogP contribution in [0.5, 0.6) is 0 Å². The van der Waals surface area contributed by atoms with E-state index in [0.29, 0.717) is 0 Å². The van der Waals surface area contributed by atoms with Gasteiger partial charge in [0.2, 0.25) is 0 Å². The van der Waals surface area contributed by atoms with Gasteiger partial charge in [0.1, 0.15) is 0 Å². The fraction of sp³-hybridized carbons (Fsp3) is 0. The summed E-state index contributed by atoms with van der Waals surface area (Å²) in [5.41, 5.74) is 0. The van der Waals surface area contributed by atoms with Crippen LogP contribution < -0.4 is 0 Å². The van der Waals surface area contributed by atoms with Gasteiger partial charge in [0.25, 0.3) is 0 Å². The van der Waals surface area contributed by atoms with E-state index < -0.39 is 7.32 Å². The molecule has 0 aliphatic carbocycles. The van der Waals surface area contributed by atoms with Crippen molar-refractivity contribution < 1.29 is 87.7 Å². The van der Waals surface area contributed by atoms with E-state index in [1.807, 2.05) is 0 Å². The topological polar surface area (TPSA) is 60.7 Å². The first kappa shape index (κ1) is 15.8. The molecule has 0 rings (SSSR count). The zero-order chi connectivity index (χ0) is 3.58. The maximum Gasteiger partial charge on any atom is 0.631 e. The Bertz CT molecular complexity index is 15.5. The molecule has 0 aliphatic rings. The van der Waals surface area contributed by atoms with E-state index in [9.17, 15) is 0 Å². The molecule has 0 saturated heterocycles. The predicted octanol–water partition coefficient (Wildman–Crippen LogP) is -2.05. The van der Waals surface area contributed by atoms with Crippen LogP contribution in [0.15, 0.2) is 0 Å². The minimum atomic E-state index is -2.17. The fourth-order valence-corrected chi connectivity index (χ4v) is 0. The quantitative estimate of drug-likeness (QED) is 0.451. The van der Waals surface area contributed by atoms with Gasteiger partial charge in [-0.05, 0) is 0 Å². The first-order valence-electron chi connectivity index (χ1n) is 0.775. The van der Waals surface area contributed by atoms with Crippen molar-refractivity contribution in [2.24, 2.45) is 0 Å². The second-order valence-electron chi connectivity index (χ2n) is 0.346. The average molecular weight is 308 g/mol. The molecule has 0 saturated carbocycles. The van der Waals surface area contributed by atoms with Crippen molar-refractivity contribution in [2.45, 2.75) is 0 Å². The van der Waals surface area contributed by atoms with Gasteiger partial charge in [-0.3, -0.25) is 0 Å². The van der Waals surface area contributed by atoms with Crippen LogP contribution >= 0.6 is 0 Å². The van der Waals surface area contributed by atoms with Crippen LogP contribution in [0.4, 0.5) is 0 Å². The Morgan fingerprint density at radius 1 is 1.00 bits per heavy atom. The molecule has 3 nitrogen and oxygen atoms in total. The molecule has 0 aromatic carbocycles. The van der Waals surface area contributed by atoms with Crippen molar-refractivity contribution >= 4 is 7.32 Å². The molecule has 1 radical (unpaired) electrons. The number of hydrogen-bond acceptors (Lipinski definition) is 3. The van der Waals surface area contributed by atoms with Gasteiger partial charge in [0, 0.05) is 72.6 Å². The monoisotopic (exact) mass is 309 g/mol. The molecule has 0 atom stereocenters. The van der Waals surface area contributed by atoms with Gasteiger partial charge in [-0.2, -0.15) is 0 Å². The summed E-state index contributed by atoms with van der Waals surface area (Å²) >= 11 is 0. The van der Waals surface area contributed by atoms with E-state index in [4.69, 9.17) is 15.1 Å². The van der Waals surface area contributed by atoms with E-state index in [1.165, 1.54) is 0 Å². The number of rotatable bonds is 0. The molecule has 35 valence electrons. The second kappa shape index (κ2) is 10.4. The summed E-state index contributed by atoms with van der Waals surface area (Å²) in [6, 6.07) is 0. The van der Waals surface area contributed by atoms with Crippen LogP contribution in [-0.2, 0) is 32.7 Å². The maximum absolute atomic E-state index is 7.17. The molecule has 0 fully saturated rings. The van der Waals surface area contributed by atoms with Crippen LogP contribution in [0.3, 0.4) is 0 Å². The molecular formula is H3BGdO3Y. The smallest absolute Gasteiger partial charge is 0.402 e. The molecule has 6 heteroatoms. The summed E-state index contributed by atoms with van der Waals surface area (Å²) < 4.78 is 0. The zero-order valence-corrected chi connectivity index (χ0v) is 7.96. The average Bonchev–Trinajstić information content (AvgIpc) is 0.811. The molecule has 0 spiro atoms. The molecule has 3 N–H and O–H groups in total. The summed E-state index contributed by atoms with van der Waals surface area (Å²) in [5, 5.41) is 21.5. The molecule has 0 unspecified atom stereocenters. The molecule has 0 heterocycles. The number of hydrogen-bond donors (Lipinski definition) is 3. The van der Waals surface area contributed by atoms with Crippen molar-refractivity contribution in [3.05, 3.63) is 0 Å². The van der Waals surface area contributed by atoms with Gasteiger partial charge < -0.3 is 15.1 Å². The third-order valence-corrected chi connectivity index (χ3v) is 0. The normalized spacial score (nSPS) is 4.50. The Morgan fingerprint density at radius 3 is 1.00 bits per heavy atom. The fourth-order valence-electron chi connectivity index (χ4n) is 0. The second-order valence-corrected chi connectivity index (χ2v) is 0.346. The summed E-state index contributed by atoms with van der Waals surface area (Å²) in [6.45, 7) is 0. The summed E-state index contributed by atoms with van der Waals surface area (Å²) in [7, 11) is -2.17. The van der Waals surface area contributed by atoms with E-state index in [1.54, 1.807) is 0 Å². The largest absolute Gasteiger partial charge is 0.631 e. The van der Waals surface area contributed by atoms with Gasteiger partial charge >= 0.3 is 7.32 Å². The molecule has 6 heavy (non-hydrogen) atoms. The van der Waals surface area contributed by atoms with Crippen molar-refractivity contribution in [3.63, 3.8) is 0 Å². The predicted molar refractivity (Wildman–Crippen MR) is 12.4 cm³/mol. The molecule has 0 aromatic rings. The van der Waals surface area contributed by atoms with Gasteiger partial charge in [-0.15, -0.1) is 0 Å². The van der Waals surface area contributed by atoms with Crippen LogP contribution in [0.25, 0.3) is 0 Å². The molecular weight excluding hydrogens is 305 g/mol. The van der Waals surface area contributed by atoms with Gasteiger partial charge in [0.05, 0.1) is 0 Å². The first-order valence-corrected chi connectivity index (χ1v) is 0.775. The van der Waals surface area contributed by atoms with Crippen molar-refractivity contribution in [1.29, 1.82) is 0 Å². The van der Waals surface area contributed by atoms with Gasteiger partial charge in [-0.1, -0.05) is 0 Å². The summed E-state index contributed by atoms with van der Waals surface area (Å²) in [6.07, 6.45) is 0. The summed E-state index contributed by atoms with van der Waals surface area (Å²) in [5.74, 6) is 0. The van der Waals surface area contributed by atoms with E-state index in [2.05, 4.69) is 0 Å². The van der Waals surface area contributed by atoms with E-state index in [-0.39, 0.29) is 72.6 Å². The Labute approximate surface area is 93.3 Å². The Hall–Kier alpha value is 2.37. The zero-order valence-electron chi connectivity index (χ0n) is 2.85. The van der Waals surface area contributed by atoms with Crippen LogP contribution in [0.1, 0.15) is 0 Å². The van der Waals surface area contributed by atoms with Crippen LogP contribution in [0.2, 0.25) is 0 Å². The third kappa shape index (κ3) is 32.7. The Morgan fingerprint density at radius 2 is 1.00 bits per heavy atom. The van der Waals surface area contributed by atoms with Gasteiger partial charge in [0.15, 0.2) is 0 Å². The van der Waals surface area contributed by atoms with Crippen molar-refractivity contribution in [3.8, 4) is 0 Å². The Balaban J connectivity index is -0.0000000450. The van der Waals surface area contributed by atoms with E-state index >= 15 is 0 Å². The molecule has 0 amide bonds. The first-order chi connectivity index (χ1) is 1.73. The third-order valence-electron chi connectivity index (χ3n) is 0. The van der Waals surface area contributed by atoms with Crippen molar-refractivity contribution in [2.75, 3.05) is 0 Å². The standard InChI is InChI=1S/BH3O3.Gd.Y/c2-1(3)4;;/h2-4H;;. The molecule has 0 bridgehead atoms. The van der Waals surface area contributed by atoms with Crippen molar-refractivity contribution in [1.82, 2.24) is 0 Å².